The lowest BCUT2D eigenvalue weighted by molar-refractivity contribution is -0.122. The summed E-state index contributed by atoms with van der Waals surface area (Å²) in [5.74, 6) is -1.45. The Kier molecular flexibility index (Phi) is 6.31. The standard InChI is InChI=1S/C26H28N2O5/c1-15-7-12-20-21(13-15)25(31)28(24(20)30)19-10-8-18(9-11-19)26(32)33-14-23(29)27-22-6-4-5-16(2)17(22)3/h4-6,8-11,15,20-21H,7,12-14H2,1-3H3,(H,27,29)/t15-,20-,21-/m1/s1. The highest BCUT2D eigenvalue weighted by atomic mass is 16.5. The molecule has 2 aromatic rings. The van der Waals surface area contributed by atoms with Crippen LogP contribution in [0.1, 0.15) is 47.7 Å². The van der Waals surface area contributed by atoms with Gasteiger partial charge in [0.2, 0.25) is 11.8 Å². The van der Waals surface area contributed by atoms with Gasteiger partial charge in [-0.15, -0.1) is 0 Å². The third-order valence-corrected chi connectivity index (χ3v) is 6.76. The molecule has 7 nitrogen and oxygen atoms in total. The number of rotatable bonds is 5. The molecule has 1 saturated carbocycles. The van der Waals surface area contributed by atoms with Gasteiger partial charge in [-0.3, -0.25) is 19.3 Å². The molecule has 2 fully saturated rings. The van der Waals surface area contributed by atoms with E-state index in [4.69, 9.17) is 4.74 Å². The summed E-state index contributed by atoms with van der Waals surface area (Å²) in [6.45, 7) is 5.55. The van der Waals surface area contributed by atoms with Crippen LogP contribution in [0, 0.1) is 31.6 Å². The van der Waals surface area contributed by atoms with Crippen molar-refractivity contribution < 1.29 is 23.9 Å². The first-order valence-electron chi connectivity index (χ1n) is 11.3. The van der Waals surface area contributed by atoms with Crippen molar-refractivity contribution in [2.45, 2.75) is 40.0 Å². The minimum atomic E-state index is -0.653. The summed E-state index contributed by atoms with van der Waals surface area (Å²) in [4.78, 5) is 51.5. The van der Waals surface area contributed by atoms with Crippen LogP contribution in [0.5, 0.6) is 0 Å². The molecule has 1 N–H and O–H groups in total. The molecule has 0 aromatic heterocycles. The van der Waals surface area contributed by atoms with Crippen LogP contribution in [0.2, 0.25) is 0 Å². The van der Waals surface area contributed by atoms with E-state index >= 15 is 0 Å². The SMILES string of the molecule is Cc1cccc(NC(=O)COC(=O)c2ccc(N3C(=O)[C@@H]4CC[C@@H](C)C[C@H]4C3=O)cc2)c1C. The topological polar surface area (TPSA) is 92.8 Å². The number of imide groups is 1. The van der Waals surface area contributed by atoms with E-state index in [0.29, 0.717) is 17.3 Å². The molecule has 7 heteroatoms. The van der Waals surface area contributed by atoms with Crippen molar-refractivity contribution in [2.75, 3.05) is 16.8 Å². The summed E-state index contributed by atoms with van der Waals surface area (Å²) in [6, 6.07) is 11.7. The second-order valence-electron chi connectivity index (χ2n) is 9.06. The second kappa shape index (κ2) is 9.17. The minimum Gasteiger partial charge on any atom is -0.452 e. The van der Waals surface area contributed by atoms with Crippen LogP contribution in [-0.4, -0.2) is 30.3 Å². The van der Waals surface area contributed by atoms with Crippen molar-refractivity contribution in [2.24, 2.45) is 17.8 Å². The van der Waals surface area contributed by atoms with Crippen LogP contribution in [0.4, 0.5) is 11.4 Å². The molecule has 2 aliphatic rings. The van der Waals surface area contributed by atoms with Gasteiger partial charge < -0.3 is 10.1 Å². The summed E-state index contributed by atoms with van der Waals surface area (Å²) in [5.41, 5.74) is 3.37. The van der Waals surface area contributed by atoms with E-state index in [1.807, 2.05) is 26.0 Å². The molecule has 3 amide bonds. The number of amides is 3. The lowest BCUT2D eigenvalue weighted by Gasteiger charge is -2.25. The molecular formula is C26H28N2O5. The predicted octanol–water partition coefficient (Wildman–Crippen LogP) is 4.02. The molecule has 1 saturated heterocycles. The van der Waals surface area contributed by atoms with Gasteiger partial charge >= 0.3 is 5.97 Å². The zero-order valence-corrected chi connectivity index (χ0v) is 19.1. The fourth-order valence-corrected chi connectivity index (χ4v) is 4.68. The molecule has 4 rings (SSSR count). The summed E-state index contributed by atoms with van der Waals surface area (Å²) in [5, 5.41) is 2.74. The molecular weight excluding hydrogens is 420 g/mol. The van der Waals surface area contributed by atoms with E-state index < -0.39 is 18.5 Å². The van der Waals surface area contributed by atoms with Gasteiger partial charge in [0.1, 0.15) is 0 Å². The van der Waals surface area contributed by atoms with Gasteiger partial charge in [0.15, 0.2) is 6.61 Å². The Bertz CT molecular complexity index is 1110. The number of anilines is 2. The van der Waals surface area contributed by atoms with E-state index in [-0.39, 0.29) is 29.2 Å². The molecule has 0 bridgehead atoms. The predicted molar refractivity (Wildman–Crippen MR) is 124 cm³/mol. The van der Waals surface area contributed by atoms with Crippen molar-refractivity contribution in [3.8, 4) is 0 Å². The van der Waals surface area contributed by atoms with Gasteiger partial charge in [0, 0.05) is 5.69 Å². The van der Waals surface area contributed by atoms with Crippen LogP contribution in [-0.2, 0) is 19.1 Å². The maximum atomic E-state index is 12.9. The fourth-order valence-electron chi connectivity index (χ4n) is 4.68. The minimum absolute atomic E-state index is 0.157. The molecule has 1 heterocycles. The lowest BCUT2D eigenvalue weighted by Crippen LogP contribution is -2.30. The number of hydrogen-bond donors (Lipinski definition) is 1. The van der Waals surface area contributed by atoms with Crippen LogP contribution in [0.3, 0.4) is 0 Å². The Hall–Kier alpha value is -3.48. The highest BCUT2D eigenvalue weighted by Gasteiger charge is 2.49. The number of benzene rings is 2. The Morgan fingerprint density at radius 1 is 1.00 bits per heavy atom. The monoisotopic (exact) mass is 448 g/mol. The third-order valence-electron chi connectivity index (χ3n) is 6.76. The Morgan fingerprint density at radius 3 is 2.42 bits per heavy atom. The van der Waals surface area contributed by atoms with Gasteiger partial charge in [0.25, 0.3) is 5.91 Å². The number of nitrogens with one attached hydrogen (secondary N) is 1. The van der Waals surface area contributed by atoms with Crippen molar-refractivity contribution in [3.63, 3.8) is 0 Å². The number of nitrogens with zero attached hydrogens (tertiary/aromatic N) is 1. The Balaban J connectivity index is 1.36. The molecule has 1 aliphatic heterocycles. The molecule has 33 heavy (non-hydrogen) atoms. The summed E-state index contributed by atoms with van der Waals surface area (Å²) in [7, 11) is 0. The maximum Gasteiger partial charge on any atom is 0.338 e. The van der Waals surface area contributed by atoms with Crippen molar-refractivity contribution >= 4 is 35.1 Å². The number of carbonyl (C=O) groups is 4. The molecule has 1 aliphatic carbocycles. The van der Waals surface area contributed by atoms with Crippen LogP contribution >= 0.6 is 0 Å². The zero-order chi connectivity index (χ0) is 23.7. The van der Waals surface area contributed by atoms with Crippen LogP contribution in [0.15, 0.2) is 42.5 Å². The molecule has 2 aromatic carbocycles. The first-order chi connectivity index (χ1) is 15.8. The van der Waals surface area contributed by atoms with Crippen LogP contribution in [0.25, 0.3) is 0 Å². The highest BCUT2D eigenvalue weighted by molar-refractivity contribution is 6.22. The number of esters is 1. The molecule has 0 radical (unpaired) electrons. The first kappa shape index (κ1) is 22.7. The average molecular weight is 449 g/mol. The van der Waals surface area contributed by atoms with Gasteiger partial charge in [0.05, 0.1) is 23.1 Å². The van der Waals surface area contributed by atoms with E-state index in [9.17, 15) is 19.2 Å². The van der Waals surface area contributed by atoms with Gasteiger partial charge in [-0.2, -0.15) is 0 Å². The quantitative estimate of drug-likeness (QED) is 0.551. The maximum absolute atomic E-state index is 12.9. The smallest absolute Gasteiger partial charge is 0.338 e. The normalized spacial score (nSPS) is 22.2. The largest absolute Gasteiger partial charge is 0.452 e. The Morgan fingerprint density at radius 2 is 1.70 bits per heavy atom. The van der Waals surface area contributed by atoms with Crippen LogP contribution < -0.4 is 10.2 Å². The number of aryl methyl sites for hydroxylation is 1. The number of hydrogen-bond acceptors (Lipinski definition) is 5. The highest BCUT2D eigenvalue weighted by Crippen LogP contribution is 2.42. The molecule has 0 unspecified atom stereocenters. The van der Waals surface area contributed by atoms with Gasteiger partial charge in [-0.1, -0.05) is 19.1 Å². The Labute approximate surface area is 193 Å². The third kappa shape index (κ3) is 4.53. The van der Waals surface area contributed by atoms with E-state index in [2.05, 4.69) is 12.2 Å². The number of ether oxygens (including phenoxy) is 1. The van der Waals surface area contributed by atoms with E-state index in [0.717, 1.165) is 30.4 Å². The summed E-state index contributed by atoms with van der Waals surface area (Å²) < 4.78 is 5.13. The lowest BCUT2D eigenvalue weighted by atomic mass is 9.76. The van der Waals surface area contributed by atoms with Crippen molar-refractivity contribution in [1.29, 1.82) is 0 Å². The number of fused-ring (bicyclic) bond motifs is 1. The average Bonchev–Trinajstić information content (AvgIpc) is 3.04. The molecule has 3 atom stereocenters. The number of carbonyl (C=O) groups excluding carboxylic acids is 4. The summed E-state index contributed by atoms with van der Waals surface area (Å²) in [6.07, 6.45) is 2.43. The van der Waals surface area contributed by atoms with Gasteiger partial charge in [-0.05, 0) is 80.5 Å². The molecule has 0 spiro atoms. The van der Waals surface area contributed by atoms with E-state index in [1.54, 1.807) is 18.2 Å². The van der Waals surface area contributed by atoms with Crippen molar-refractivity contribution in [1.82, 2.24) is 0 Å². The van der Waals surface area contributed by atoms with E-state index in [1.165, 1.54) is 17.0 Å². The van der Waals surface area contributed by atoms with Crippen molar-refractivity contribution in [3.05, 3.63) is 59.2 Å². The zero-order valence-electron chi connectivity index (χ0n) is 19.1. The summed E-state index contributed by atoms with van der Waals surface area (Å²) >= 11 is 0. The van der Waals surface area contributed by atoms with Gasteiger partial charge in [-0.25, -0.2) is 4.79 Å². The second-order valence-corrected chi connectivity index (χ2v) is 9.06. The molecule has 172 valence electrons. The fraction of sp³-hybridized carbons (Fsp3) is 0.385. The first-order valence-corrected chi connectivity index (χ1v) is 11.3.